The van der Waals surface area contributed by atoms with Crippen molar-refractivity contribution in [2.24, 2.45) is 17.3 Å². The van der Waals surface area contributed by atoms with Crippen molar-refractivity contribution in [2.75, 3.05) is 0 Å². The standard InChI is InChI=1S/C19H30O/c1-13-7-6-8-17(14(13)2)18(20)15-9-11-16(12-10-15)19(3,4)5/h6-8,15-16,18,20H,9-12H2,1-5H3. The van der Waals surface area contributed by atoms with E-state index in [0.29, 0.717) is 11.3 Å². The van der Waals surface area contributed by atoms with Gasteiger partial charge in [-0.3, -0.25) is 0 Å². The molecular formula is C19H30O. The number of benzene rings is 1. The third-order valence-electron chi connectivity index (χ3n) is 5.41. The molecule has 1 aromatic carbocycles. The second-order valence-electron chi connectivity index (χ2n) is 7.71. The van der Waals surface area contributed by atoms with E-state index in [9.17, 15) is 5.11 Å². The van der Waals surface area contributed by atoms with Gasteiger partial charge in [0.25, 0.3) is 0 Å². The maximum atomic E-state index is 10.7. The van der Waals surface area contributed by atoms with Crippen LogP contribution in [-0.2, 0) is 0 Å². The van der Waals surface area contributed by atoms with Crippen molar-refractivity contribution in [1.29, 1.82) is 0 Å². The smallest absolute Gasteiger partial charge is 0.0820 e. The third kappa shape index (κ3) is 3.25. The van der Waals surface area contributed by atoms with Gasteiger partial charge in [0.05, 0.1) is 6.10 Å². The molecule has 0 aromatic heterocycles. The molecule has 1 saturated carbocycles. The van der Waals surface area contributed by atoms with Gasteiger partial charge in [-0.1, -0.05) is 39.0 Å². The fourth-order valence-corrected chi connectivity index (χ4v) is 3.65. The molecule has 0 saturated heterocycles. The molecule has 0 aliphatic heterocycles. The average molecular weight is 274 g/mol. The summed E-state index contributed by atoms with van der Waals surface area (Å²) in [5.74, 6) is 1.25. The third-order valence-corrected chi connectivity index (χ3v) is 5.41. The van der Waals surface area contributed by atoms with Gasteiger partial charge in [0, 0.05) is 0 Å². The second-order valence-corrected chi connectivity index (χ2v) is 7.71. The van der Waals surface area contributed by atoms with E-state index in [2.05, 4.69) is 52.8 Å². The van der Waals surface area contributed by atoms with Crippen molar-refractivity contribution in [3.63, 3.8) is 0 Å². The molecule has 1 atom stereocenters. The van der Waals surface area contributed by atoms with Gasteiger partial charge in [0.15, 0.2) is 0 Å². The van der Waals surface area contributed by atoms with Crippen LogP contribution < -0.4 is 0 Å². The summed E-state index contributed by atoms with van der Waals surface area (Å²) in [5.41, 5.74) is 4.10. The molecule has 0 spiro atoms. The quantitative estimate of drug-likeness (QED) is 0.787. The van der Waals surface area contributed by atoms with Crippen LogP contribution in [0.15, 0.2) is 18.2 Å². The highest BCUT2D eigenvalue weighted by Crippen LogP contribution is 2.43. The molecule has 1 aliphatic carbocycles. The zero-order valence-corrected chi connectivity index (χ0v) is 13.7. The predicted octanol–water partition coefficient (Wildman–Crippen LogP) is 5.19. The van der Waals surface area contributed by atoms with Gasteiger partial charge in [0.2, 0.25) is 0 Å². The zero-order chi connectivity index (χ0) is 14.9. The lowest BCUT2D eigenvalue weighted by Crippen LogP contribution is -2.28. The summed E-state index contributed by atoms with van der Waals surface area (Å²) in [6, 6.07) is 6.30. The molecule has 0 radical (unpaired) electrons. The summed E-state index contributed by atoms with van der Waals surface area (Å²) in [5, 5.41) is 10.7. The lowest BCUT2D eigenvalue weighted by Gasteiger charge is -2.38. The highest BCUT2D eigenvalue weighted by molar-refractivity contribution is 5.34. The van der Waals surface area contributed by atoms with Crippen molar-refractivity contribution in [1.82, 2.24) is 0 Å². The number of hydrogen-bond acceptors (Lipinski definition) is 1. The van der Waals surface area contributed by atoms with Crippen LogP contribution in [0.1, 0.15) is 69.2 Å². The van der Waals surface area contributed by atoms with Crippen LogP contribution in [0.25, 0.3) is 0 Å². The van der Waals surface area contributed by atoms with Crippen molar-refractivity contribution in [3.05, 3.63) is 34.9 Å². The van der Waals surface area contributed by atoms with Crippen molar-refractivity contribution in [2.45, 2.75) is 66.4 Å². The van der Waals surface area contributed by atoms with Crippen molar-refractivity contribution in [3.8, 4) is 0 Å². The Hall–Kier alpha value is -0.820. The van der Waals surface area contributed by atoms with Gasteiger partial charge in [0.1, 0.15) is 0 Å². The lowest BCUT2D eigenvalue weighted by molar-refractivity contribution is 0.0524. The van der Waals surface area contributed by atoms with Crippen LogP contribution in [0.2, 0.25) is 0 Å². The number of aliphatic hydroxyl groups is 1. The Labute approximate surface area is 124 Å². The van der Waals surface area contributed by atoms with E-state index in [1.807, 2.05) is 0 Å². The van der Waals surface area contributed by atoms with Gasteiger partial charge in [-0.25, -0.2) is 0 Å². The molecule has 1 nitrogen and oxygen atoms in total. The van der Waals surface area contributed by atoms with E-state index in [-0.39, 0.29) is 6.10 Å². The minimum atomic E-state index is -0.282. The van der Waals surface area contributed by atoms with E-state index >= 15 is 0 Å². The zero-order valence-electron chi connectivity index (χ0n) is 13.7. The summed E-state index contributed by atoms with van der Waals surface area (Å²) in [4.78, 5) is 0. The molecule has 2 rings (SSSR count). The average Bonchev–Trinajstić information content (AvgIpc) is 2.40. The SMILES string of the molecule is Cc1cccc(C(O)C2CCC(C(C)(C)C)CC2)c1C. The summed E-state index contributed by atoms with van der Waals surface area (Å²) in [6.07, 6.45) is 4.56. The number of rotatable bonds is 2. The molecule has 0 bridgehead atoms. The molecule has 0 amide bonds. The summed E-state index contributed by atoms with van der Waals surface area (Å²) in [7, 11) is 0. The summed E-state index contributed by atoms with van der Waals surface area (Å²) in [6.45, 7) is 11.3. The normalized spacial score (nSPS) is 25.5. The molecule has 112 valence electrons. The molecule has 1 fully saturated rings. The Bertz CT molecular complexity index is 447. The predicted molar refractivity (Wildman–Crippen MR) is 85.8 cm³/mol. The molecule has 1 N–H and O–H groups in total. The van der Waals surface area contributed by atoms with Gasteiger partial charge in [-0.15, -0.1) is 0 Å². The van der Waals surface area contributed by atoms with E-state index < -0.39 is 0 Å². The first-order chi connectivity index (χ1) is 9.30. The maximum absolute atomic E-state index is 10.7. The molecule has 1 aromatic rings. The van der Waals surface area contributed by atoms with Crippen LogP contribution in [0.4, 0.5) is 0 Å². The van der Waals surface area contributed by atoms with Crippen LogP contribution >= 0.6 is 0 Å². The van der Waals surface area contributed by atoms with E-state index in [1.54, 1.807) is 0 Å². The maximum Gasteiger partial charge on any atom is 0.0820 e. The highest BCUT2D eigenvalue weighted by Gasteiger charge is 2.33. The topological polar surface area (TPSA) is 20.2 Å². The monoisotopic (exact) mass is 274 g/mol. The fourth-order valence-electron chi connectivity index (χ4n) is 3.65. The fraction of sp³-hybridized carbons (Fsp3) is 0.684. The molecule has 1 unspecified atom stereocenters. The second kappa shape index (κ2) is 5.89. The number of aryl methyl sites for hydroxylation is 1. The molecule has 20 heavy (non-hydrogen) atoms. The van der Waals surface area contributed by atoms with Crippen molar-refractivity contribution < 1.29 is 5.11 Å². The minimum Gasteiger partial charge on any atom is -0.388 e. The van der Waals surface area contributed by atoms with E-state index in [1.165, 1.54) is 24.0 Å². The summed E-state index contributed by atoms with van der Waals surface area (Å²) < 4.78 is 0. The number of aliphatic hydroxyl groups excluding tert-OH is 1. The van der Waals surface area contributed by atoms with Crippen LogP contribution in [0.3, 0.4) is 0 Å². The van der Waals surface area contributed by atoms with Crippen LogP contribution in [-0.4, -0.2) is 5.11 Å². The summed E-state index contributed by atoms with van der Waals surface area (Å²) >= 11 is 0. The first kappa shape index (κ1) is 15.6. The molecule has 1 heteroatoms. The van der Waals surface area contributed by atoms with Crippen molar-refractivity contribution >= 4 is 0 Å². The van der Waals surface area contributed by atoms with Gasteiger partial charge < -0.3 is 5.11 Å². The number of hydrogen-bond donors (Lipinski definition) is 1. The Balaban J connectivity index is 2.05. The first-order valence-electron chi connectivity index (χ1n) is 8.05. The van der Waals surface area contributed by atoms with Gasteiger partial charge in [-0.05, 0) is 73.5 Å². The first-order valence-corrected chi connectivity index (χ1v) is 8.05. The highest BCUT2D eigenvalue weighted by atomic mass is 16.3. The van der Waals surface area contributed by atoms with E-state index in [4.69, 9.17) is 0 Å². The molecular weight excluding hydrogens is 244 g/mol. The Morgan fingerprint density at radius 1 is 1.05 bits per heavy atom. The Morgan fingerprint density at radius 3 is 2.20 bits per heavy atom. The molecule has 0 heterocycles. The minimum absolute atomic E-state index is 0.282. The largest absolute Gasteiger partial charge is 0.388 e. The Kier molecular flexibility index (Phi) is 4.59. The van der Waals surface area contributed by atoms with Gasteiger partial charge in [-0.2, -0.15) is 0 Å². The Morgan fingerprint density at radius 2 is 1.65 bits per heavy atom. The van der Waals surface area contributed by atoms with Crippen LogP contribution in [0, 0.1) is 31.1 Å². The van der Waals surface area contributed by atoms with Gasteiger partial charge >= 0.3 is 0 Å². The van der Waals surface area contributed by atoms with Crippen LogP contribution in [0.5, 0.6) is 0 Å². The van der Waals surface area contributed by atoms with E-state index in [0.717, 1.165) is 24.3 Å². The lowest BCUT2D eigenvalue weighted by atomic mass is 9.68. The molecule has 1 aliphatic rings.